The number of esters is 1. The van der Waals surface area contributed by atoms with Gasteiger partial charge in [0.2, 0.25) is 5.66 Å². The summed E-state index contributed by atoms with van der Waals surface area (Å²) in [6.45, 7) is 5.30. The third kappa shape index (κ3) is 2.35. The molecule has 1 rings (SSSR count). The Kier molecular flexibility index (Phi) is 2.21. The Balaban J connectivity index is 2.69. The van der Waals surface area contributed by atoms with Crippen LogP contribution in [0.5, 0.6) is 0 Å². The molecule has 0 saturated carbocycles. The molecule has 13 heavy (non-hydrogen) atoms. The molecule has 0 aliphatic carbocycles. The van der Waals surface area contributed by atoms with Gasteiger partial charge in [-0.05, 0) is 26.8 Å². The van der Waals surface area contributed by atoms with Crippen molar-refractivity contribution in [3.05, 3.63) is 12.3 Å². The van der Waals surface area contributed by atoms with Gasteiger partial charge in [-0.3, -0.25) is 5.73 Å². The Hall–Kier alpha value is -1.23. The molecule has 0 aromatic heterocycles. The number of hydrogen-bond donors (Lipinski definition) is 1. The Morgan fingerprint density at radius 2 is 2.15 bits per heavy atom. The second-order valence-corrected chi connectivity index (χ2v) is 3.86. The summed E-state index contributed by atoms with van der Waals surface area (Å²) in [5, 5.41) is 7.08. The molecule has 0 saturated heterocycles. The molecule has 5 heteroatoms. The quantitative estimate of drug-likeness (QED) is 0.615. The van der Waals surface area contributed by atoms with Crippen LogP contribution in [0.15, 0.2) is 22.5 Å². The monoisotopic (exact) mass is 183 g/mol. The molecule has 2 N–H and O–H groups in total. The molecule has 72 valence electrons. The van der Waals surface area contributed by atoms with E-state index in [9.17, 15) is 4.79 Å². The molecule has 1 aliphatic rings. The zero-order chi connectivity index (χ0) is 10.1. The number of nitrogens with zero attached hydrogens (tertiary/aromatic N) is 2. The van der Waals surface area contributed by atoms with Crippen molar-refractivity contribution in [1.82, 2.24) is 0 Å². The molecule has 0 spiro atoms. The van der Waals surface area contributed by atoms with Crippen molar-refractivity contribution in [3.63, 3.8) is 0 Å². The van der Waals surface area contributed by atoms with Crippen molar-refractivity contribution in [2.45, 2.75) is 32.0 Å². The molecule has 1 atom stereocenters. The van der Waals surface area contributed by atoms with E-state index in [1.807, 2.05) is 0 Å². The average Bonchev–Trinajstić information content (AvgIpc) is 2.33. The van der Waals surface area contributed by atoms with Gasteiger partial charge in [0.25, 0.3) is 0 Å². The van der Waals surface area contributed by atoms with Crippen LogP contribution >= 0.6 is 0 Å². The van der Waals surface area contributed by atoms with E-state index in [0.29, 0.717) is 0 Å². The van der Waals surface area contributed by atoms with Crippen LogP contribution < -0.4 is 5.73 Å². The lowest BCUT2D eigenvalue weighted by molar-refractivity contribution is -0.159. The first-order valence-corrected chi connectivity index (χ1v) is 3.95. The number of ether oxygens (including phenoxy) is 1. The highest BCUT2D eigenvalue weighted by Gasteiger charge is 2.37. The predicted octanol–water partition coefficient (Wildman–Crippen LogP) is 0.963. The SMILES string of the molecule is CC(C)(C)OC(=O)C1(N)C=CN=N1. The van der Waals surface area contributed by atoms with Crippen molar-refractivity contribution >= 4 is 5.97 Å². The highest BCUT2D eigenvalue weighted by molar-refractivity contribution is 5.83. The van der Waals surface area contributed by atoms with E-state index < -0.39 is 17.2 Å². The summed E-state index contributed by atoms with van der Waals surface area (Å²) in [6.07, 6.45) is 2.78. The number of azo groups is 1. The first-order valence-electron chi connectivity index (χ1n) is 3.95. The van der Waals surface area contributed by atoms with Crippen molar-refractivity contribution in [2.75, 3.05) is 0 Å². The van der Waals surface area contributed by atoms with Crippen molar-refractivity contribution in [2.24, 2.45) is 16.0 Å². The maximum Gasteiger partial charge on any atom is 0.355 e. The smallest absolute Gasteiger partial charge is 0.355 e. The third-order valence-corrected chi connectivity index (χ3v) is 1.34. The molecule has 0 amide bonds. The number of hydrogen-bond acceptors (Lipinski definition) is 5. The van der Waals surface area contributed by atoms with Crippen LogP contribution in [-0.2, 0) is 9.53 Å². The minimum atomic E-state index is -1.42. The predicted molar refractivity (Wildman–Crippen MR) is 46.8 cm³/mol. The van der Waals surface area contributed by atoms with Crippen molar-refractivity contribution in [3.8, 4) is 0 Å². The first-order chi connectivity index (χ1) is 5.83. The normalized spacial score (nSPS) is 26.5. The molecule has 1 unspecified atom stereocenters. The van der Waals surface area contributed by atoms with Crippen LogP contribution in [-0.4, -0.2) is 17.2 Å². The molecule has 1 heterocycles. The van der Waals surface area contributed by atoms with Gasteiger partial charge in [0.1, 0.15) is 5.60 Å². The highest BCUT2D eigenvalue weighted by atomic mass is 16.6. The van der Waals surface area contributed by atoms with Crippen LogP contribution in [0.1, 0.15) is 20.8 Å². The minimum Gasteiger partial charge on any atom is -0.457 e. The summed E-state index contributed by atoms with van der Waals surface area (Å²) in [4.78, 5) is 11.4. The molecular formula is C8H13N3O2. The van der Waals surface area contributed by atoms with Gasteiger partial charge in [-0.1, -0.05) is 0 Å². The molecule has 0 fully saturated rings. The summed E-state index contributed by atoms with van der Waals surface area (Å²) < 4.78 is 5.06. The second kappa shape index (κ2) is 2.92. The van der Waals surface area contributed by atoms with Crippen LogP contribution in [0.2, 0.25) is 0 Å². The number of nitrogens with two attached hydrogens (primary N) is 1. The Morgan fingerprint density at radius 1 is 1.54 bits per heavy atom. The summed E-state index contributed by atoms with van der Waals surface area (Å²) in [5.74, 6) is -0.586. The van der Waals surface area contributed by atoms with Gasteiger partial charge in [-0.25, -0.2) is 4.79 Å². The van der Waals surface area contributed by atoms with Crippen LogP contribution in [0.3, 0.4) is 0 Å². The zero-order valence-corrected chi connectivity index (χ0v) is 7.94. The molecule has 0 bridgehead atoms. The van der Waals surface area contributed by atoms with E-state index >= 15 is 0 Å². The van der Waals surface area contributed by atoms with E-state index in [0.717, 1.165) is 0 Å². The van der Waals surface area contributed by atoms with Crippen molar-refractivity contribution in [1.29, 1.82) is 0 Å². The third-order valence-electron chi connectivity index (χ3n) is 1.34. The largest absolute Gasteiger partial charge is 0.457 e. The molecule has 0 aromatic carbocycles. The second-order valence-electron chi connectivity index (χ2n) is 3.86. The topological polar surface area (TPSA) is 77.0 Å². The van der Waals surface area contributed by atoms with Gasteiger partial charge in [0.05, 0.1) is 0 Å². The van der Waals surface area contributed by atoms with Crippen molar-refractivity contribution < 1.29 is 9.53 Å². The fraction of sp³-hybridized carbons (Fsp3) is 0.625. The maximum atomic E-state index is 11.4. The van der Waals surface area contributed by atoms with Crippen LogP contribution in [0, 0.1) is 0 Å². The summed E-state index contributed by atoms with van der Waals surface area (Å²) in [6, 6.07) is 0. The summed E-state index contributed by atoms with van der Waals surface area (Å²) in [5.41, 5.74) is 3.60. The van der Waals surface area contributed by atoms with Gasteiger partial charge in [-0.15, -0.1) is 5.11 Å². The Morgan fingerprint density at radius 3 is 2.54 bits per heavy atom. The summed E-state index contributed by atoms with van der Waals surface area (Å²) >= 11 is 0. The highest BCUT2D eigenvalue weighted by Crippen LogP contribution is 2.18. The fourth-order valence-corrected chi connectivity index (χ4v) is 0.778. The van der Waals surface area contributed by atoms with Gasteiger partial charge in [-0.2, -0.15) is 5.11 Å². The van der Waals surface area contributed by atoms with E-state index in [1.165, 1.54) is 12.3 Å². The van der Waals surface area contributed by atoms with Gasteiger partial charge in [0.15, 0.2) is 0 Å². The summed E-state index contributed by atoms with van der Waals surface area (Å²) in [7, 11) is 0. The lowest BCUT2D eigenvalue weighted by atomic mass is 10.1. The van der Waals surface area contributed by atoms with E-state index in [1.54, 1.807) is 20.8 Å². The van der Waals surface area contributed by atoms with E-state index in [4.69, 9.17) is 10.5 Å². The Labute approximate surface area is 76.7 Å². The zero-order valence-electron chi connectivity index (χ0n) is 7.94. The molecular weight excluding hydrogens is 170 g/mol. The molecule has 0 aromatic rings. The van der Waals surface area contributed by atoms with Gasteiger partial charge in [0, 0.05) is 6.20 Å². The molecule has 0 radical (unpaired) electrons. The molecule has 1 aliphatic heterocycles. The van der Waals surface area contributed by atoms with Gasteiger partial charge >= 0.3 is 5.97 Å². The average molecular weight is 183 g/mol. The minimum absolute atomic E-state index is 0.560. The number of rotatable bonds is 1. The van der Waals surface area contributed by atoms with Crippen LogP contribution in [0.25, 0.3) is 0 Å². The lowest BCUT2D eigenvalue weighted by Crippen LogP contribution is -2.46. The van der Waals surface area contributed by atoms with E-state index in [2.05, 4.69) is 10.2 Å². The number of carbonyl (C=O) groups excluding carboxylic acids is 1. The van der Waals surface area contributed by atoms with Gasteiger partial charge < -0.3 is 4.74 Å². The molecule has 5 nitrogen and oxygen atoms in total. The standard InChI is InChI=1S/C8H13N3O2/c1-7(2,3)13-6(12)8(9)4-5-10-11-8/h4-5H,9H2,1-3H3. The number of carbonyl (C=O) groups is 1. The maximum absolute atomic E-state index is 11.4. The fourth-order valence-electron chi connectivity index (χ4n) is 0.778. The van der Waals surface area contributed by atoms with E-state index in [-0.39, 0.29) is 0 Å². The van der Waals surface area contributed by atoms with Crippen LogP contribution in [0.4, 0.5) is 0 Å². The first kappa shape index (κ1) is 9.85. The lowest BCUT2D eigenvalue weighted by Gasteiger charge is -2.24. The Bertz CT molecular complexity index is 264.